The smallest absolute Gasteiger partial charge is 0.239 e. The van der Waals surface area contributed by atoms with E-state index in [1.807, 2.05) is 43.5 Å². The summed E-state index contributed by atoms with van der Waals surface area (Å²) in [6, 6.07) is 5.91. The van der Waals surface area contributed by atoms with Gasteiger partial charge < -0.3 is 5.73 Å². The normalized spacial score (nSPS) is 14.4. The van der Waals surface area contributed by atoms with E-state index in [9.17, 15) is 4.79 Å². The Hall–Kier alpha value is -4.14. The van der Waals surface area contributed by atoms with E-state index in [1.54, 1.807) is 16.9 Å². The molecule has 9 nitrogen and oxygen atoms in total. The number of primary amides is 1. The fourth-order valence-corrected chi connectivity index (χ4v) is 3.45. The first kappa shape index (κ1) is 17.9. The minimum atomic E-state index is -0.432. The molecule has 4 aromatic heterocycles. The van der Waals surface area contributed by atoms with Gasteiger partial charge in [0.15, 0.2) is 11.5 Å². The molecule has 0 saturated heterocycles. The van der Waals surface area contributed by atoms with Crippen molar-refractivity contribution in [3.63, 3.8) is 0 Å². The SMILES string of the molecule is Cc1ccc2nnc(C=C3C=Cc4ncc(-c5cnn(CC(N)=O)c5)cc4C3)n2n1. The number of carbonyl (C=O) groups is 1. The van der Waals surface area contributed by atoms with Crippen LogP contribution in [-0.2, 0) is 17.8 Å². The summed E-state index contributed by atoms with van der Waals surface area (Å²) in [6.07, 6.45) is 12.0. The molecular formula is C21H18N8O. The third-order valence-electron chi connectivity index (χ3n) is 4.87. The summed E-state index contributed by atoms with van der Waals surface area (Å²) in [5.74, 6) is 0.257. The zero-order chi connectivity index (χ0) is 20.7. The summed E-state index contributed by atoms with van der Waals surface area (Å²) in [5.41, 5.74) is 11.8. The molecule has 0 aromatic carbocycles. The molecule has 4 aromatic rings. The average molecular weight is 398 g/mol. The number of nitrogens with two attached hydrogens (primary N) is 1. The lowest BCUT2D eigenvalue weighted by Crippen LogP contribution is -2.18. The second-order valence-corrected chi connectivity index (χ2v) is 7.19. The summed E-state index contributed by atoms with van der Waals surface area (Å²) in [7, 11) is 0. The highest BCUT2D eigenvalue weighted by molar-refractivity contribution is 5.74. The molecule has 0 spiro atoms. The molecule has 148 valence electrons. The van der Waals surface area contributed by atoms with E-state index < -0.39 is 5.91 Å². The van der Waals surface area contributed by atoms with Crippen LogP contribution in [0.25, 0.3) is 28.9 Å². The predicted molar refractivity (Wildman–Crippen MR) is 111 cm³/mol. The molecule has 1 aliphatic carbocycles. The van der Waals surface area contributed by atoms with Crippen molar-refractivity contribution < 1.29 is 4.79 Å². The van der Waals surface area contributed by atoms with Crippen molar-refractivity contribution in [3.05, 3.63) is 71.2 Å². The minimum Gasteiger partial charge on any atom is -0.368 e. The fraction of sp³-hybridized carbons (Fsp3) is 0.143. The number of rotatable bonds is 4. The van der Waals surface area contributed by atoms with Crippen molar-refractivity contribution in [2.75, 3.05) is 0 Å². The van der Waals surface area contributed by atoms with Gasteiger partial charge in [0.25, 0.3) is 0 Å². The second kappa shape index (κ2) is 7.03. The van der Waals surface area contributed by atoms with E-state index in [-0.39, 0.29) is 6.54 Å². The highest BCUT2D eigenvalue weighted by atomic mass is 16.1. The predicted octanol–water partition coefficient (Wildman–Crippen LogP) is 1.83. The summed E-state index contributed by atoms with van der Waals surface area (Å²) >= 11 is 0. The van der Waals surface area contributed by atoms with Gasteiger partial charge in [-0.25, -0.2) is 0 Å². The summed E-state index contributed by atoms with van der Waals surface area (Å²) in [6.45, 7) is 1.99. The molecule has 0 aliphatic heterocycles. The quantitative estimate of drug-likeness (QED) is 0.560. The maximum atomic E-state index is 11.1. The molecule has 0 unspecified atom stereocenters. The van der Waals surface area contributed by atoms with Crippen LogP contribution in [0.4, 0.5) is 0 Å². The Bertz CT molecular complexity index is 1340. The number of fused-ring (bicyclic) bond motifs is 2. The Labute approximate surface area is 171 Å². The molecule has 0 radical (unpaired) electrons. The van der Waals surface area contributed by atoms with E-state index in [4.69, 9.17) is 5.73 Å². The van der Waals surface area contributed by atoms with Crippen molar-refractivity contribution in [2.45, 2.75) is 19.9 Å². The van der Waals surface area contributed by atoms with Crippen LogP contribution in [-0.4, -0.2) is 40.5 Å². The largest absolute Gasteiger partial charge is 0.368 e. The number of allylic oxidation sites excluding steroid dienone is 2. The Morgan fingerprint density at radius 2 is 2.10 bits per heavy atom. The van der Waals surface area contributed by atoms with Crippen molar-refractivity contribution in [2.24, 2.45) is 5.73 Å². The standard InChI is InChI=1S/C21H18N8O/c1-13-2-5-20-25-26-21(29(20)27-13)7-14-3-4-18-15(6-14)8-16(9-23-18)17-10-24-28(11-17)12-19(22)30/h2-5,7-11H,6,12H2,1H3,(H2,22,30). The fourth-order valence-electron chi connectivity index (χ4n) is 3.45. The van der Waals surface area contributed by atoms with Gasteiger partial charge in [0, 0.05) is 23.5 Å². The molecule has 0 atom stereocenters. The number of pyridine rings is 1. The van der Waals surface area contributed by atoms with Crippen LogP contribution in [0.2, 0.25) is 0 Å². The lowest BCUT2D eigenvalue weighted by atomic mass is 9.95. The van der Waals surface area contributed by atoms with Crippen molar-refractivity contribution in [1.82, 2.24) is 34.6 Å². The van der Waals surface area contributed by atoms with E-state index in [2.05, 4.69) is 31.4 Å². The van der Waals surface area contributed by atoms with Crippen LogP contribution in [0, 0.1) is 6.92 Å². The number of amides is 1. The molecule has 0 saturated carbocycles. The Kier molecular flexibility index (Phi) is 4.20. The van der Waals surface area contributed by atoms with Gasteiger partial charge in [-0.1, -0.05) is 6.08 Å². The van der Waals surface area contributed by atoms with E-state index in [1.165, 1.54) is 4.68 Å². The van der Waals surface area contributed by atoms with Gasteiger partial charge in [0.05, 0.1) is 17.6 Å². The summed E-state index contributed by atoms with van der Waals surface area (Å²) in [5, 5.41) is 17.1. The van der Waals surface area contributed by atoms with Crippen LogP contribution in [0.1, 0.15) is 22.8 Å². The van der Waals surface area contributed by atoms with Crippen LogP contribution < -0.4 is 5.73 Å². The number of hydrogen-bond acceptors (Lipinski definition) is 6. The van der Waals surface area contributed by atoms with E-state index in [0.29, 0.717) is 17.9 Å². The lowest BCUT2D eigenvalue weighted by molar-refractivity contribution is -0.118. The second-order valence-electron chi connectivity index (χ2n) is 7.19. The number of carbonyl (C=O) groups excluding carboxylic acids is 1. The summed E-state index contributed by atoms with van der Waals surface area (Å²) < 4.78 is 3.27. The van der Waals surface area contributed by atoms with E-state index >= 15 is 0 Å². The molecule has 2 N–H and O–H groups in total. The molecule has 4 heterocycles. The van der Waals surface area contributed by atoms with Crippen molar-refractivity contribution in [3.8, 4) is 11.1 Å². The molecule has 1 amide bonds. The Morgan fingerprint density at radius 3 is 2.97 bits per heavy atom. The van der Waals surface area contributed by atoms with Gasteiger partial charge in [-0.05, 0) is 54.8 Å². The van der Waals surface area contributed by atoms with Gasteiger partial charge in [-0.3, -0.25) is 14.5 Å². The van der Waals surface area contributed by atoms with Crippen molar-refractivity contribution in [1.29, 1.82) is 0 Å². The van der Waals surface area contributed by atoms with Crippen LogP contribution >= 0.6 is 0 Å². The zero-order valence-corrected chi connectivity index (χ0v) is 16.2. The molecular weight excluding hydrogens is 380 g/mol. The third-order valence-corrected chi connectivity index (χ3v) is 4.87. The van der Waals surface area contributed by atoms with Crippen LogP contribution in [0.15, 0.2) is 48.4 Å². The molecule has 0 bridgehead atoms. The van der Waals surface area contributed by atoms with Gasteiger partial charge in [-0.2, -0.15) is 14.7 Å². The van der Waals surface area contributed by atoms with Gasteiger partial charge in [-0.15, -0.1) is 10.2 Å². The Morgan fingerprint density at radius 1 is 1.20 bits per heavy atom. The van der Waals surface area contributed by atoms with E-state index in [0.717, 1.165) is 33.7 Å². The first-order chi connectivity index (χ1) is 14.5. The van der Waals surface area contributed by atoms with Gasteiger partial charge in [0.2, 0.25) is 5.91 Å². The third kappa shape index (κ3) is 3.37. The molecule has 5 rings (SSSR count). The first-order valence-electron chi connectivity index (χ1n) is 9.43. The highest BCUT2D eigenvalue weighted by Crippen LogP contribution is 2.27. The summed E-state index contributed by atoms with van der Waals surface area (Å²) in [4.78, 5) is 15.7. The number of nitrogens with zero attached hydrogens (tertiary/aromatic N) is 7. The minimum absolute atomic E-state index is 0.0494. The number of aromatic nitrogens is 7. The first-order valence-corrected chi connectivity index (χ1v) is 9.43. The maximum absolute atomic E-state index is 11.1. The topological polar surface area (TPSA) is 117 Å². The molecule has 0 fully saturated rings. The molecule has 1 aliphatic rings. The monoisotopic (exact) mass is 398 g/mol. The molecule has 9 heteroatoms. The zero-order valence-electron chi connectivity index (χ0n) is 16.2. The maximum Gasteiger partial charge on any atom is 0.239 e. The van der Waals surface area contributed by atoms with Crippen LogP contribution in [0.5, 0.6) is 0 Å². The molecule has 30 heavy (non-hydrogen) atoms. The van der Waals surface area contributed by atoms with Crippen molar-refractivity contribution >= 4 is 23.7 Å². The Balaban J connectivity index is 1.45. The van der Waals surface area contributed by atoms with Gasteiger partial charge in [0.1, 0.15) is 6.54 Å². The highest BCUT2D eigenvalue weighted by Gasteiger charge is 2.14. The van der Waals surface area contributed by atoms with Gasteiger partial charge >= 0.3 is 0 Å². The number of hydrogen-bond donors (Lipinski definition) is 1. The average Bonchev–Trinajstić information content (AvgIpc) is 3.34. The van der Waals surface area contributed by atoms with Crippen LogP contribution in [0.3, 0.4) is 0 Å². The number of aryl methyl sites for hydroxylation is 1. The lowest BCUT2D eigenvalue weighted by Gasteiger charge is -2.13.